The predicted octanol–water partition coefficient (Wildman–Crippen LogP) is 2.64. The van der Waals surface area contributed by atoms with Crippen LogP contribution in [0.3, 0.4) is 0 Å². The van der Waals surface area contributed by atoms with Gasteiger partial charge in [0.25, 0.3) is 5.69 Å². The molecule has 1 heterocycles. The molecule has 2 rings (SSSR count). The van der Waals surface area contributed by atoms with Crippen molar-refractivity contribution < 1.29 is 9.66 Å². The summed E-state index contributed by atoms with van der Waals surface area (Å²) < 4.78 is 5.65. The minimum atomic E-state index is -0.397. The lowest BCUT2D eigenvalue weighted by molar-refractivity contribution is -0.384. The Hall–Kier alpha value is -1.66. The molecule has 6 nitrogen and oxygen atoms in total. The maximum Gasteiger partial charge on any atom is 0.273 e. The lowest BCUT2D eigenvalue weighted by Crippen LogP contribution is -2.37. The average Bonchev–Trinajstić information content (AvgIpc) is 2.54. The molecule has 0 atom stereocenters. The van der Waals surface area contributed by atoms with Crippen LogP contribution >= 0.6 is 0 Å². The highest BCUT2D eigenvalue weighted by Crippen LogP contribution is 2.21. The fraction of sp³-hybridized carbons (Fsp3) is 0.647. The number of rotatable bonds is 8. The van der Waals surface area contributed by atoms with Gasteiger partial charge in [0, 0.05) is 12.6 Å². The first-order chi connectivity index (χ1) is 11.0. The van der Waals surface area contributed by atoms with Gasteiger partial charge in [0.1, 0.15) is 12.4 Å². The quantitative estimate of drug-likeness (QED) is 0.544. The summed E-state index contributed by atoms with van der Waals surface area (Å²) in [6.07, 6.45) is 3.79. The van der Waals surface area contributed by atoms with Gasteiger partial charge < -0.3 is 9.64 Å². The van der Waals surface area contributed by atoms with Crippen molar-refractivity contribution in [2.24, 2.45) is 5.92 Å². The molecule has 1 aliphatic heterocycles. The van der Waals surface area contributed by atoms with Gasteiger partial charge in [0.15, 0.2) is 0 Å². The van der Waals surface area contributed by atoms with E-state index < -0.39 is 4.92 Å². The number of nitro groups is 1. The Morgan fingerprint density at radius 2 is 2.09 bits per heavy atom. The smallest absolute Gasteiger partial charge is 0.273 e. The van der Waals surface area contributed by atoms with Crippen LogP contribution in [0, 0.1) is 16.0 Å². The fourth-order valence-corrected chi connectivity index (χ4v) is 2.92. The van der Waals surface area contributed by atoms with Crippen LogP contribution in [-0.2, 0) is 0 Å². The third-order valence-electron chi connectivity index (χ3n) is 4.40. The first-order valence-corrected chi connectivity index (χ1v) is 8.29. The van der Waals surface area contributed by atoms with Crippen molar-refractivity contribution >= 4 is 5.69 Å². The molecule has 0 unspecified atom stereocenters. The number of piperidine rings is 1. The lowest BCUT2D eigenvalue weighted by Gasteiger charge is -2.32. The molecule has 6 heteroatoms. The Balaban J connectivity index is 1.66. The first kappa shape index (κ1) is 17.7. The second-order valence-corrected chi connectivity index (χ2v) is 6.48. The minimum Gasteiger partial charge on any atom is -0.492 e. The molecule has 0 bridgehead atoms. The molecule has 0 aliphatic carbocycles. The summed E-state index contributed by atoms with van der Waals surface area (Å²) in [6.45, 7) is 4.86. The molecule has 1 aromatic carbocycles. The molecule has 0 amide bonds. The van der Waals surface area contributed by atoms with Crippen LogP contribution in [0.25, 0.3) is 0 Å². The molecule has 0 aromatic heterocycles. The summed E-state index contributed by atoms with van der Waals surface area (Å²) in [5, 5.41) is 10.7. The monoisotopic (exact) mass is 321 g/mol. The van der Waals surface area contributed by atoms with Gasteiger partial charge in [-0.3, -0.25) is 15.0 Å². The van der Waals surface area contributed by atoms with E-state index in [1.807, 2.05) is 0 Å². The van der Waals surface area contributed by atoms with Crippen molar-refractivity contribution in [2.45, 2.75) is 19.3 Å². The number of nitrogens with zero attached hydrogens (tertiary/aromatic N) is 3. The highest BCUT2D eigenvalue weighted by atomic mass is 16.6. The van der Waals surface area contributed by atoms with Gasteiger partial charge in [0.05, 0.1) is 11.0 Å². The summed E-state index contributed by atoms with van der Waals surface area (Å²) in [7, 11) is 4.25. The number of hydrogen-bond acceptors (Lipinski definition) is 5. The van der Waals surface area contributed by atoms with E-state index in [1.54, 1.807) is 12.1 Å². The second-order valence-electron chi connectivity index (χ2n) is 6.48. The van der Waals surface area contributed by atoms with Gasteiger partial charge >= 0.3 is 0 Å². The van der Waals surface area contributed by atoms with E-state index >= 15 is 0 Å². The minimum absolute atomic E-state index is 0.0733. The fourth-order valence-electron chi connectivity index (χ4n) is 2.92. The molecular formula is C17H27N3O3. The highest BCUT2D eigenvalue weighted by Gasteiger charge is 2.19. The Kier molecular flexibility index (Phi) is 6.80. The van der Waals surface area contributed by atoms with E-state index in [-0.39, 0.29) is 5.69 Å². The van der Waals surface area contributed by atoms with Crippen molar-refractivity contribution in [3.05, 3.63) is 34.4 Å². The number of likely N-dealkylation sites (tertiary alicyclic amines) is 1. The maximum absolute atomic E-state index is 10.7. The molecule has 0 N–H and O–H groups in total. The van der Waals surface area contributed by atoms with Gasteiger partial charge in [-0.15, -0.1) is 0 Å². The molecule has 0 spiro atoms. The third kappa shape index (κ3) is 6.15. The third-order valence-corrected chi connectivity index (χ3v) is 4.40. The van der Waals surface area contributed by atoms with Crippen LogP contribution in [-0.4, -0.2) is 61.6 Å². The lowest BCUT2D eigenvalue weighted by atomic mass is 9.93. The van der Waals surface area contributed by atoms with E-state index in [0.717, 1.165) is 25.6 Å². The number of ether oxygens (including phenoxy) is 1. The van der Waals surface area contributed by atoms with Gasteiger partial charge in [-0.05, 0) is 65.0 Å². The van der Waals surface area contributed by atoms with Crippen LogP contribution in [0.15, 0.2) is 24.3 Å². The zero-order valence-corrected chi connectivity index (χ0v) is 14.1. The van der Waals surface area contributed by atoms with Crippen molar-refractivity contribution in [3.8, 4) is 5.75 Å². The molecule has 128 valence electrons. The van der Waals surface area contributed by atoms with Gasteiger partial charge in [-0.2, -0.15) is 0 Å². The maximum atomic E-state index is 10.7. The second kappa shape index (κ2) is 8.84. The largest absolute Gasteiger partial charge is 0.492 e. The highest BCUT2D eigenvalue weighted by molar-refractivity contribution is 5.37. The van der Waals surface area contributed by atoms with Crippen molar-refractivity contribution in [2.75, 3.05) is 46.9 Å². The van der Waals surface area contributed by atoms with Crippen molar-refractivity contribution in [1.29, 1.82) is 0 Å². The van der Waals surface area contributed by atoms with E-state index in [2.05, 4.69) is 23.9 Å². The molecule has 1 saturated heterocycles. The molecule has 0 radical (unpaired) electrons. The van der Waals surface area contributed by atoms with E-state index in [1.165, 1.54) is 37.9 Å². The summed E-state index contributed by atoms with van der Waals surface area (Å²) in [5.74, 6) is 1.41. The Bertz CT molecular complexity index is 500. The summed E-state index contributed by atoms with van der Waals surface area (Å²) >= 11 is 0. The summed E-state index contributed by atoms with van der Waals surface area (Å²) in [5.41, 5.74) is 0.0733. The first-order valence-electron chi connectivity index (χ1n) is 8.29. The van der Waals surface area contributed by atoms with Gasteiger partial charge in [0.2, 0.25) is 0 Å². The van der Waals surface area contributed by atoms with Crippen molar-refractivity contribution in [3.63, 3.8) is 0 Å². The van der Waals surface area contributed by atoms with Crippen LogP contribution in [0.4, 0.5) is 5.69 Å². The van der Waals surface area contributed by atoms with E-state index in [9.17, 15) is 10.1 Å². The normalized spacial score (nSPS) is 16.7. The predicted molar refractivity (Wildman–Crippen MR) is 90.9 cm³/mol. The van der Waals surface area contributed by atoms with Crippen LogP contribution < -0.4 is 4.74 Å². The Morgan fingerprint density at radius 3 is 2.74 bits per heavy atom. The van der Waals surface area contributed by atoms with E-state index in [0.29, 0.717) is 12.4 Å². The van der Waals surface area contributed by atoms with Gasteiger partial charge in [-0.25, -0.2) is 0 Å². The SMILES string of the molecule is CN(C)CCC1CCN(CCOc2cccc([N+](=O)[O-])c2)CC1. The molecule has 1 aliphatic rings. The Morgan fingerprint density at radius 1 is 1.35 bits per heavy atom. The zero-order chi connectivity index (χ0) is 16.7. The summed E-state index contributed by atoms with van der Waals surface area (Å²) in [4.78, 5) is 15.0. The number of nitro benzene ring substituents is 1. The average molecular weight is 321 g/mol. The van der Waals surface area contributed by atoms with Crippen LogP contribution in [0.5, 0.6) is 5.75 Å². The number of non-ortho nitro benzene ring substituents is 1. The van der Waals surface area contributed by atoms with Crippen molar-refractivity contribution in [1.82, 2.24) is 9.80 Å². The molecule has 1 aromatic rings. The summed E-state index contributed by atoms with van der Waals surface area (Å²) in [6, 6.07) is 6.38. The number of hydrogen-bond donors (Lipinski definition) is 0. The molecule has 0 saturated carbocycles. The standard InChI is InChI=1S/C17H27N3O3/c1-18(2)9-6-15-7-10-19(11-8-15)12-13-23-17-5-3-4-16(14-17)20(21)22/h3-5,14-15H,6-13H2,1-2H3. The topological polar surface area (TPSA) is 58.8 Å². The molecular weight excluding hydrogens is 294 g/mol. The molecule has 23 heavy (non-hydrogen) atoms. The Labute approximate surface area is 138 Å². The van der Waals surface area contributed by atoms with Crippen LogP contribution in [0.1, 0.15) is 19.3 Å². The molecule has 1 fully saturated rings. The van der Waals surface area contributed by atoms with Crippen LogP contribution in [0.2, 0.25) is 0 Å². The van der Waals surface area contributed by atoms with E-state index in [4.69, 9.17) is 4.74 Å². The number of benzene rings is 1. The zero-order valence-electron chi connectivity index (χ0n) is 14.1. The van der Waals surface area contributed by atoms with Gasteiger partial charge in [-0.1, -0.05) is 6.07 Å².